The highest BCUT2D eigenvalue weighted by Crippen LogP contribution is 2.39. The molecule has 1 heterocycles. The molecule has 2 N–H and O–H groups in total. The van der Waals surface area contributed by atoms with E-state index in [1.165, 1.54) is 23.5 Å². The first kappa shape index (κ1) is 13.1. The number of nitrogen functional groups attached to an aromatic ring is 1. The van der Waals surface area contributed by atoms with E-state index in [0.717, 1.165) is 15.8 Å². The number of hydrogen-bond donors (Lipinski definition) is 1. The van der Waals surface area contributed by atoms with E-state index in [2.05, 4.69) is 4.98 Å². The Balaban J connectivity index is 2.22. The zero-order valence-electron chi connectivity index (χ0n) is 10.5. The van der Waals surface area contributed by atoms with Crippen molar-refractivity contribution in [2.75, 3.05) is 12.8 Å². The molecule has 6 heteroatoms. The number of rotatable bonds is 2. The van der Waals surface area contributed by atoms with Crippen LogP contribution < -0.4 is 10.5 Å². The number of aromatic nitrogens is 1. The molecule has 0 aliphatic heterocycles. The van der Waals surface area contributed by atoms with Gasteiger partial charge < -0.3 is 10.5 Å². The molecule has 0 saturated carbocycles. The summed E-state index contributed by atoms with van der Waals surface area (Å²) in [7, 11) is 1.55. The zero-order valence-corrected chi connectivity index (χ0v) is 12.1. The zero-order chi connectivity index (χ0) is 14.3. The summed E-state index contributed by atoms with van der Waals surface area (Å²) in [5, 5.41) is 1.15. The van der Waals surface area contributed by atoms with Crippen LogP contribution in [0.25, 0.3) is 20.8 Å². The first-order valence-corrected chi connectivity index (χ1v) is 6.97. The van der Waals surface area contributed by atoms with Gasteiger partial charge in [0, 0.05) is 6.07 Å². The molecular formula is C14H10ClFN2OS. The van der Waals surface area contributed by atoms with Crippen LogP contribution in [0.15, 0.2) is 30.3 Å². The molecule has 0 spiro atoms. The van der Waals surface area contributed by atoms with Crippen LogP contribution in [0, 0.1) is 5.82 Å². The molecule has 0 amide bonds. The summed E-state index contributed by atoms with van der Waals surface area (Å²) >= 11 is 7.43. The minimum atomic E-state index is -0.282. The topological polar surface area (TPSA) is 48.1 Å². The second-order valence-corrected chi connectivity index (χ2v) is 5.64. The molecule has 3 rings (SSSR count). The van der Waals surface area contributed by atoms with Crippen LogP contribution in [0.3, 0.4) is 0 Å². The maximum atomic E-state index is 13.2. The molecule has 0 unspecified atom stereocenters. The Kier molecular flexibility index (Phi) is 3.23. The van der Waals surface area contributed by atoms with Crippen LogP contribution in [0.1, 0.15) is 0 Å². The number of thiazole rings is 1. The molecule has 1 aromatic heterocycles. The van der Waals surface area contributed by atoms with E-state index < -0.39 is 0 Å². The number of nitrogens with zero attached hydrogens (tertiary/aromatic N) is 1. The molecule has 0 aliphatic carbocycles. The van der Waals surface area contributed by atoms with Crippen molar-refractivity contribution in [3.63, 3.8) is 0 Å². The number of methoxy groups -OCH3 is 1. The second-order valence-electron chi connectivity index (χ2n) is 4.21. The summed E-state index contributed by atoms with van der Waals surface area (Å²) in [5.41, 5.74) is 7.68. The number of fused-ring (bicyclic) bond motifs is 1. The normalized spacial score (nSPS) is 10.9. The molecule has 2 aromatic carbocycles. The third-order valence-electron chi connectivity index (χ3n) is 2.90. The number of halogens is 2. The predicted octanol–water partition coefficient (Wildman–Crippen LogP) is 4.35. The summed E-state index contributed by atoms with van der Waals surface area (Å²) in [6.07, 6.45) is 0. The minimum absolute atomic E-state index is 0.282. The van der Waals surface area contributed by atoms with Gasteiger partial charge in [-0.05, 0) is 24.3 Å². The minimum Gasteiger partial charge on any atom is -0.496 e. The van der Waals surface area contributed by atoms with E-state index in [-0.39, 0.29) is 5.82 Å². The molecule has 0 radical (unpaired) electrons. The molecular weight excluding hydrogens is 299 g/mol. The van der Waals surface area contributed by atoms with Crippen LogP contribution in [-0.4, -0.2) is 12.1 Å². The predicted molar refractivity (Wildman–Crippen MR) is 81.0 cm³/mol. The number of nitrogens with two attached hydrogens (primary N) is 1. The Labute approximate surface area is 123 Å². The van der Waals surface area contributed by atoms with Gasteiger partial charge in [0.25, 0.3) is 0 Å². The molecule has 0 fully saturated rings. The summed E-state index contributed by atoms with van der Waals surface area (Å²) in [6, 6.07) is 7.87. The van der Waals surface area contributed by atoms with E-state index in [1.807, 2.05) is 0 Å². The number of ether oxygens (including phenoxy) is 1. The Bertz CT molecular complexity index is 803. The third-order valence-corrected chi connectivity index (χ3v) is 4.28. The molecule has 3 aromatic rings. The Hall–Kier alpha value is -1.85. The molecule has 0 bridgehead atoms. The van der Waals surface area contributed by atoms with Crippen LogP contribution in [-0.2, 0) is 0 Å². The maximum absolute atomic E-state index is 13.2. The largest absolute Gasteiger partial charge is 0.496 e. The van der Waals surface area contributed by atoms with Gasteiger partial charge in [-0.15, -0.1) is 11.3 Å². The molecule has 3 nitrogen and oxygen atoms in total. The summed E-state index contributed by atoms with van der Waals surface area (Å²) < 4.78 is 19.3. The van der Waals surface area contributed by atoms with Gasteiger partial charge in [-0.1, -0.05) is 11.6 Å². The van der Waals surface area contributed by atoms with Crippen molar-refractivity contribution in [2.45, 2.75) is 0 Å². The highest BCUT2D eigenvalue weighted by atomic mass is 35.5. The van der Waals surface area contributed by atoms with Gasteiger partial charge in [0.05, 0.1) is 33.6 Å². The van der Waals surface area contributed by atoms with Gasteiger partial charge in [-0.2, -0.15) is 0 Å². The lowest BCUT2D eigenvalue weighted by atomic mass is 10.2. The van der Waals surface area contributed by atoms with Gasteiger partial charge in [0.1, 0.15) is 16.6 Å². The highest BCUT2D eigenvalue weighted by molar-refractivity contribution is 7.21. The van der Waals surface area contributed by atoms with Crippen molar-refractivity contribution in [1.29, 1.82) is 0 Å². The summed E-state index contributed by atoms with van der Waals surface area (Å²) in [6.45, 7) is 0. The third kappa shape index (κ3) is 2.19. The van der Waals surface area contributed by atoms with Gasteiger partial charge in [-0.3, -0.25) is 0 Å². The standard InChI is InChI=1S/C14H10ClFN2OS/c1-19-12-6-10(17)9(15)5-8(12)14-18-11-3-2-7(16)4-13(11)20-14/h2-6H,17H2,1H3. The average Bonchev–Trinajstić information content (AvgIpc) is 2.84. The Morgan fingerprint density at radius 2 is 2.10 bits per heavy atom. The first-order chi connectivity index (χ1) is 9.58. The Morgan fingerprint density at radius 3 is 2.85 bits per heavy atom. The van der Waals surface area contributed by atoms with Crippen LogP contribution >= 0.6 is 22.9 Å². The van der Waals surface area contributed by atoms with Crippen molar-refractivity contribution < 1.29 is 9.13 Å². The molecule has 0 atom stereocenters. The van der Waals surface area contributed by atoms with E-state index in [9.17, 15) is 4.39 Å². The van der Waals surface area contributed by atoms with Crippen molar-refractivity contribution in [1.82, 2.24) is 4.98 Å². The average molecular weight is 309 g/mol. The van der Waals surface area contributed by atoms with E-state index in [4.69, 9.17) is 22.1 Å². The van der Waals surface area contributed by atoms with Crippen molar-refractivity contribution in [3.8, 4) is 16.3 Å². The Morgan fingerprint density at radius 1 is 1.30 bits per heavy atom. The van der Waals surface area contributed by atoms with Crippen LogP contribution in [0.5, 0.6) is 5.75 Å². The van der Waals surface area contributed by atoms with Gasteiger partial charge in [-0.25, -0.2) is 9.37 Å². The fourth-order valence-corrected chi connectivity index (χ4v) is 3.09. The molecule has 20 heavy (non-hydrogen) atoms. The van der Waals surface area contributed by atoms with Crippen molar-refractivity contribution >= 4 is 38.8 Å². The lowest BCUT2D eigenvalue weighted by Crippen LogP contribution is -1.92. The monoisotopic (exact) mass is 308 g/mol. The lowest BCUT2D eigenvalue weighted by Gasteiger charge is -2.08. The van der Waals surface area contributed by atoms with Crippen molar-refractivity contribution in [2.24, 2.45) is 0 Å². The van der Waals surface area contributed by atoms with E-state index in [0.29, 0.717) is 21.5 Å². The number of anilines is 1. The lowest BCUT2D eigenvalue weighted by molar-refractivity contribution is 0.416. The smallest absolute Gasteiger partial charge is 0.131 e. The molecule has 0 aliphatic rings. The summed E-state index contributed by atoms with van der Waals surface area (Å²) in [5.74, 6) is 0.307. The van der Waals surface area contributed by atoms with Gasteiger partial charge >= 0.3 is 0 Å². The van der Waals surface area contributed by atoms with Gasteiger partial charge in [0.15, 0.2) is 0 Å². The van der Waals surface area contributed by atoms with Crippen molar-refractivity contribution in [3.05, 3.63) is 41.2 Å². The second kappa shape index (κ2) is 4.92. The number of hydrogen-bond acceptors (Lipinski definition) is 4. The maximum Gasteiger partial charge on any atom is 0.131 e. The van der Waals surface area contributed by atoms with E-state index >= 15 is 0 Å². The number of benzene rings is 2. The first-order valence-electron chi connectivity index (χ1n) is 5.78. The summed E-state index contributed by atoms with van der Waals surface area (Å²) in [4.78, 5) is 4.48. The quantitative estimate of drug-likeness (QED) is 0.716. The van der Waals surface area contributed by atoms with Crippen LogP contribution in [0.4, 0.5) is 10.1 Å². The van der Waals surface area contributed by atoms with E-state index in [1.54, 1.807) is 25.3 Å². The fourth-order valence-electron chi connectivity index (χ4n) is 1.92. The molecule has 0 saturated heterocycles. The van der Waals surface area contributed by atoms with Crippen LogP contribution in [0.2, 0.25) is 5.02 Å². The van der Waals surface area contributed by atoms with Gasteiger partial charge in [0.2, 0.25) is 0 Å². The molecule has 102 valence electrons. The highest BCUT2D eigenvalue weighted by Gasteiger charge is 2.14. The fraction of sp³-hybridized carbons (Fsp3) is 0.0714. The SMILES string of the molecule is COc1cc(N)c(Cl)cc1-c1nc2ccc(F)cc2s1.